The molecule has 2 rings (SSSR count). The van der Waals surface area contributed by atoms with Crippen LogP contribution in [-0.4, -0.2) is 57.7 Å². The van der Waals surface area contributed by atoms with Crippen LogP contribution in [0.25, 0.3) is 0 Å². The van der Waals surface area contributed by atoms with Crippen LogP contribution < -0.4 is 5.32 Å². The maximum Gasteiger partial charge on any atom is 0.409 e. The van der Waals surface area contributed by atoms with E-state index < -0.39 is 14.4 Å². The molecule has 180 valence electrons. The maximum atomic E-state index is 12.5. The number of carbonyl (C=O) groups is 2. The molecule has 1 aromatic carbocycles. The second-order valence-corrected chi connectivity index (χ2v) is 14.7. The molecule has 0 aliphatic carbocycles. The van der Waals surface area contributed by atoms with Crippen molar-refractivity contribution in [3.8, 4) is 0 Å². The van der Waals surface area contributed by atoms with E-state index in [-0.39, 0.29) is 29.8 Å². The number of benzene rings is 1. The Bertz CT molecular complexity index is 736. The van der Waals surface area contributed by atoms with Gasteiger partial charge in [0.2, 0.25) is 0 Å². The lowest BCUT2D eigenvalue weighted by Crippen LogP contribution is -2.47. The molecule has 0 radical (unpaired) electrons. The predicted molar refractivity (Wildman–Crippen MR) is 128 cm³/mol. The van der Waals surface area contributed by atoms with Crippen LogP contribution in [0.2, 0.25) is 18.1 Å². The lowest BCUT2D eigenvalue weighted by molar-refractivity contribution is 0.102. The fourth-order valence-corrected chi connectivity index (χ4v) is 4.64. The van der Waals surface area contributed by atoms with Crippen LogP contribution in [-0.2, 0) is 20.5 Å². The number of nitrogens with zero attached hydrogens (tertiary/aromatic N) is 1. The van der Waals surface area contributed by atoms with E-state index in [1.54, 1.807) is 4.90 Å². The lowest BCUT2D eigenvalue weighted by atomic mass is 10.1. The van der Waals surface area contributed by atoms with E-state index in [0.717, 1.165) is 18.4 Å². The number of unbranched alkanes of at least 4 members (excludes halogenated alkanes) is 1. The number of alkyl carbamates (subject to hydrolysis) is 1. The van der Waals surface area contributed by atoms with Crippen LogP contribution in [0, 0.1) is 5.92 Å². The molecule has 0 saturated carbocycles. The number of amides is 2. The van der Waals surface area contributed by atoms with Crippen molar-refractivity contribution in [1.29, 1.82) is 0 Å². The Labute approximate surface area is 193 Å². The van der Waals surface area contributed by atoms with Gasteiger partial charge in [-0.3, -0.25) is 0 Å². The van der Waals surface area contributed by atoms with Crippen molar-refractivity contribution >= 4 is 20.5 Å². The number of hydrogen-bond acceptors (Lipinski definition) is 5. The molecule has 2 unspecified atom stereocenters. The zero-order chi connectivity index (χ0) is 23.8. The highest BCUT2D eigenvalue weighted by atomic mass is 28.4. The molecular formula is C24H40N2O5Si. The standard InChI is InChI=1S/C24H40N2O5Si/c1-7-8-14-29-23(28)26-16-20(21(17-26)31-32(5,6)24(2,3)4)15-25-22(27)30-18-19-12-10-9-11-13-19/h9-13,20-21H,7-8,14-18H2,1-6H3,(H,25,27). The fourth-order valence-electron chi connectivity index (χ4n) is 3.26. The van der Waals surface area contributed by atoms with Gasteiger partial charge in [0.1, 0.15) is 6.61 Å². The third-order valence-electron chi connectivity index (χ3n) is 6.34. The summed E-state index contributed by atoms with van der Waals surface area (Å²) in [4.78, 5) is 26.5. The van der Waals surface area contributed by atoms with Crippen molar-refractivity contribution in [3.63, 3.8) is 0 Å². The molecule has 2 amide bonds. The molecule has 1 aliphatic rings. The Balaban J connectivity index is 1.96. The van der Waals surface area contributed by atoms with Gasteiger partial charge in [-0.25, -0.2) is 9.59 Å². The van der Waals surface area contributed by atoms with Gasteiger partial charge in [0.15, 0.2) is 8.32 Å². The summed E-state index contributed by atoms with van der Waals surface area (Å²) in [5.74, 6) is -0.0212. The van der Waals surface area contributed by atoms with Gasteiger partial charge in [-0.2, -0.15) is 0 Å². The monoisotopic (exact) mass is 464 g/mol. The van der Waals surface area contributed by atoms with Gasteiger partial charge in [0.25, 0.3) is 0 Å². The molecular weight excluding hydrogens is 424 g/mol. The van der Waals surface area contributed by atoms with Gasteiger partial charge in [0, 0.05) is 25.6 Å². The van der Waals surface area contributed by atoms with Crippen molar-refractivity contribution in [3.05, 3.63) is 35.9 Å². The Kier molecular flexibility index (Phi) is 9.58. The first-order chi connectivity index (χ1) is 15.0. The van der Waals surface area contributed by atoms with Crippen LogP contribution in [0.15, 0.2) is 30.3 Å². The zero-order valence-electron chi connectivity index (χ0n) is 20.5. The predicted octanol–water partition coefficient (Wildman–Crippen LogP) is 5.17. The first-order valence-corrected chi connectivity index (χ1v) is 14.5. The number of hydrogen-bond donors (Lipinski definition) is 1. The minimum absolute atomic E-state index is 0.0212. The average molecular weight is 465 g/mol. The maximum absolute atomic E-state index is 12.5. The molecule has 0 spiro atoms. The highest BCUT2D eigenvalue weighted by molar-refractivity contribution is 6.74. The SMILES string of the molecule is CCCCOC(=O)N1CC(CNC(=O)OCc2ccccc2)C(O[Si](C)(C)C(C)(C)C)C1. The van der Waals surface area contributed by atoms with Crippen LogP contribution in [0.1, 0.15) is 46.1 Å². The topological polar surface area (TPSA) is 77.1 Å². The summed E-state index contributed by atoms with van der Waals surface area (Å²) in [5, 5.41) is 2.91. The molecule has 1 N–H and O–H groups in total. The summed E-state index contributed by atoms with van der Waals surface area (Å²) in [7, 11) is -2.05. The van der Waals surface area contributed by atoms with Crippen LogP contribution in [0.3, 0.4) is 0 Å². The second-order valence-electron chi connectivity index (χ2n) is 9.99. The van der Waals surface area contributed by atoms with Crippen molar-refractivity contribution in [1.82, 2.24) is 10.2 Å². The third kappa shape index (κ3) is 7.81. The van der Waals surface area contributed by atoms with Gasteiger partial charge < -0.3 is 24.1 Å². The Morgan fingerprint density at radius 3 is 2.44 bits per heavy atom. The summed E-state index contributed by atoms with van der Waals surface area (Å²) < 4.78 is 17.4. The van der Waals surface area contributed by atoms with Crippen molar-refractivity contribution in [2.75, 3.05) is 26.2 Å². The number of rotatable bonds is 9. The van der Waals surface area contributed by atoms with E-state index in [4.69, 9.17) is 13.9 Å². The van der Waals surface area contributed by atoms with E-state index in [0.29, 0.717) is 26.2 Å². The quantitative estimate of drug-likeness (QED) is 0.403. The lowest BCUT2D eigenvalue weighted by Gasteiger charge is -2.39. The first-order valence-electron chi connectivity index (χ1n) is 11.6. The average Bonchev–Trinajstić information content (AvgIpc) is 3.13. The highest BCUT2D eigenvalue weighted by Gasteiger charge is 2.44. The molecule has 1 saturated heterocycles. The normalized spacial score (nSPS) is 19.0. The van der Waals surface area contributed by atoms with E-state index >= 15 is 0 Å². The summed E-state index contributed by atoms with van der Waals surface area (Å²) in [6.45, 7) is 15.0. The number of carbonyl (C=O) groups excluding carboxylic acids is 2. The van der Waals surface area contributed by atoms with Crippen molar-refractivity contribution in [2.24, 2.45) is 5.92 Å². The van der Waals surface area contributed by atoms with Crippen molar-refractivity contribution < 1.29 is 23.5 Å². The third-order valence-corrected chi connectivity index (χ3v) is 10.8. The summed E-state index contributed by atoms with van der Waals surface area (Å²) in [5.41, 5.74) is 0.934. The van der Waals surface area contributed by atoms with Gasteiger partial charge in [0.05, 0.1) is 12.7 Å². The zero-order valence-corrected chi connectivity index (χ0v) is 21.5. The summed E-state index contributed by atoms with van der Waals surface area (Å²) in [6, 6.07) is 9.56. The van der Waals surface area contributed by atoms with Gasteiger partial charge >= 0.3 is 12.2 Å². The van der Waals surface area contributed by atoms with Gasteiger partial charge in [-0.05, 0) is 30.1 Å². The van der Waals surface area contributed by atoms with Crippen LogP contribution in [0.5, 0.6) is 0 Å². The van der Waals surface area contributed by atoms with Crippen LogP contribution >= 0.6 is 0 Å². The van der Waals surface area contributed by atoms with Crippen LogP contribution in [0.4, 0.5) is 9.59 Å². The summed E-state index contributed by atoms with van der Waals surface area (Å²) in [6.07, 6.45) is 0.897. The molecule has 2 atom stereocenters. The number of likely N-dealkylation sites (tertiary alicyclic amines) is 1. The van der Waals surface area contributed by atoms with E-state index in [1.165, 1.54) is 0 Å². The molecule has 1 aromatic rings. The van der Waals surface area contributed by atoms with Gasteiger partial charge in [-0.1, -0.05) is 64.4 Å². The minimum atomic E-state index is -2.05. The molecule has 1 aliphatic heterocycles. The molecule has 8 heteroatoms. The molecule has 1 fully saturated rings. The molecule has 1 heterocycles. The number of ether oxygens (including phenoxy) is 2. The van der Waals surface area contributed by atoms with Crippen molar-refractivity contribution in [2.45, 2.75) is 71.4 Å². The second kappa shape index (κ2) is 11.7. The Morgan fingerprint density at radius 1 is 1.12 bits per heavy atom. The Hall–Kier alpha value is -2.06. The largest absolute Gasteiger partial charge is 0.449 e. The summed E-state index contributed by atoms with van der Waals surface area (Å²) >= 11 is 0. The molecule has 0 aromatic heterocycles. The van der Waals surface area contributed by atoms with E-state index in [2.05, 4.69) is 46.1 Å². The molecule has 0 bridgehead atoms. The molecule has 32 heavy (non-hydrogen) atoms. The first kappa shape index (κ1) is 26.2. The fraction of sp³-hybridized carbons (Fsp3) is 0.667. The smallest absolute Gasteiger partial charge is 0.409 e. The Morgan fingerprint density at radius 2 is 1.81 bits per heavy atom. The minimum Gasteiger partial charge on any atom is -0.449 e. The van der Waals surface area contributed by atoms with E-state index in [1.807, 2.05) is 30.3 Å². The number of nitrogens with one attached hydrogen (secondary N) is 1. The van der Waals surface area contributed by atoms with Gasteiger partial charge in [-0.15, -0.1) is 0 Å². The molecule has 7 nitrogen and oxygen atoms in total. The van der Waals surface area contributed by atoms with E-state index in [9.17, 15) is 9.59 Å². The highest BCUT2D eigenvalue weighted by Crippen LogP contribution is 2.39.